The predicted octanol–water partition coefficient (Wildman–Crippen LogP) is 4.47. The van der Waals surface area contributed by atoms with Crippen LogP contribution in [0.2, 0.25) is 5.02 Å². The molecule has 2 rings (SSSR count). The van der Waals surface area contributed by atoms with Crippen LogP contribution in [-0.4, -0.2) is 5.78 Å². The van der Waals surface area contributed by atoms with E-state index in [1.165, 1.54) is 31.2 Å². The van der Waals surface area contributed by atoms with Crippen LogP contribution in [0.15, 0.2) is 42.5 Å². The van der Waals surface area contributed by atoms with Gasteiger partial charge in [-0.25, -0.2) is 4.39 Å². The summed E-state index contributed by atoms with van der Waals surface area (Å²) in [5.74, 6) is 0.570. The van der Waals surface area contributed by atoms with Crippen molar-refractivity contribution in [1.82, 2.24) is 0 Å². The first kappa shape index (κ1) is 12.6. The first-order chi connectivity index (χ1) is 8.56. The molecule has 0 atom stereocenters. The molecule has 2 aromatic carbocycles. The van der Waals surface area contributed by atoms with Gasteiger partial charge in [-0.15, -0.1) is 0 Å². The maximum Gasteiger partial charge on any atom is 0.161 e. The lowest BCUT2D eigenvalue weighted by atomic mass is 10.1. The maximum atomic E-state index is 12.7. The van der Waals surface area contributed by atoms with Gasteiger partial charge in [-0.2, -0.15) is 0 Å². The van der Waals surface area contributed by atoms with Crippen LogP contribution in [0.1, 0.15) is 17.3 Å². The van der Waals surface area contributed by atoms with E-state index in [0.29, 0.717) is 22.1 Å². The van der Waals surface area contributed by atoms with E-state index in [4.69, 9.17) is 16.3 Å². The SMILES string of the molecule is CC(=O)c1ccc(Oc2ccc(F)cc2)cc1Cl. The molecule has 0 amide bonds. The molecule has 0 aliphatic heterocycles. The summed E-state index contributed by atoms with van der Waals surface area (Å²) in [6.45, 7) is 1.45. The van der Waals surface area contributed by atoms with Crippen LogP contribution in [0, 0.1) is 5.82 Å². The Morgan fingerprint density at radius 3 is 2.28 bits per heavy atom. The molecule has 0 aromatic heterocycles. The van der Waals surface area contributed by atoms with E-state index in [9.17, 15) is 9.18 Å². The van der Waals surface area contributed by atoms with E-state index < -0.39 is 0 Å². The highest BCUT2D eigenvalue weighted by Gasteiger charge is 2.07. The molecular formula is C14H10ClFO2. The van der Waals surface area contributed by atoms with Gasteiger partial charge in [0.2, 0.25) is 0 Å². The van der Waals surface area contributed by atoms with Crippen molar-refractivity contribution in [3.05, 3.63) is 58.9 Å². The predicted molar refractivity (Wildman–Crippen MR) is 67.9 cm³/mol. The largest absolute Gasteiger partial charge is 0.457 e. The van der Waals surface area contributed by atoms with Crippen molar-refractivity contribution >= 4 is 17.4 Å². The third kappa shape index (κ3) is 2.87. The molecule has 0 aliphatic carbocycles. The Kier molecular flexibility index (Phi) is 3.63. The van der Waals surface area contributed by atoms with Crippen LogP contribution in [-0.2, 0) is 0 Å². The topological polar surface area (TPSA) is 26.3 Å². The summed E-state index contributed by atoms with van der Waals surface area (Å²) in [6, 6.07) is 10.4. The number of hydrogen-bond donors (Lipinski definition) is 0. The van der Waals surface area contributed by atoms with E-state index in [0.717, 1.165) is 0 Å². The highest BCUT2D eigenvalue weighted by Crippen LogP contribution is 2.27. The summed E-state index contributed by atoms with van der Waals surface area (Å²) in [6.07, 6.45) is 0. The standard InChI is InChI=1S/C14H10ClFO2/c1-9(17)13-7-6-12(8-14(13)15)18-11-4-2-10(16)3-5-11/h2-8H,1H3. The van der Waals surface area contributed by atoms with E-state index in [1.807, 2.05) is 0 Å². The van der Waals surface area contributed by atoms with Crippen LogP contribution in [0.5, 0.6) is 11.5 Å². The number of rotatable bonds is 3. The summed E-state index contributed by atoms with van der Waals surface area (Å²) in [5, 5.41) is 0.335. The average molecular weight is 265 g/mol. The van der Waals surface area contributed by atoms with Crippen molar-refractivity contribution in [2.75, 3.05) is 0 Å². The Bertz CT molecular complexity index is 579. The third-order valence-corrected chi connectivity index (χ3v) is 2.68. The van der Waals surface area contributed by atoms with Gasteiger partial charge in [0.25, 0.3) is 0 Å². The molecule has 0 heterocycles. The number of Topliss-reactive ketones (excluding diaryl/α,β-unsaturated/α-hetero) is 1. The molecule has 0 bridgehead atoms. The van der Waals surface area contributed by atoms with Crippen LogP contribution in [0.4, 0.5) is 4.39 Å². The van der Waals surface area contributed by atoms with Gasteiger partial charge in [-0.05, 0) is 43.3 Å². The fourth-order valence-electron chi connectivity index (χ4n) is 1.48. The Morgan fingerprint density at radius 2 is 1.72 bits per heavy atom. The van der Waals surface area contributed by atoms with Crippen molar-refractivity contribution in [2.24, 2.45) is 0 Å². The molecule has 18 heavy (non-hydrogen) atoms. The highest BCUT2D eigenvalue weighted by atomic mass is 35.5. The zero-order valence-corrected chi connectivity index (χ0v) is 10.4. The van der Waals surface area contributed by atoms with Gasteiger partial charge >= 0.3 is 0 Å². The molecule has 0 N–H and O–H groups in total. The monoisotopic (exact) mass is 264 g/mol. The van der Waals surface area contributed by atoms with Crippen molar-refractivity contribution in [3.63, 3.8) is 0 Å². The minimum Gasteiger partial charge on any atom is -0.457 e. The van der Waals surface area contributed by atoms with Gasteiger partial charge in [0, 0.05) is 11.6 Å². The normalized spacial score (nSPS) is 10.2. The summed E-state index contributed by atoms with van der Waals surface area (Å²) in [7, 11) is 0. The first-order valence-corrected chi connectivity index (χ1v) is 5.68. The van der Waals surface area contributed by atoms with E-state index in [-0.39, 0.29) is 11.6 Å². The minimum absolute atomic E-state index is 0.103. The van der Waals surface area contributed by atoms with E-state index in [2.05, 4.69) is 0 Å². The lowest BCUT2D eigenvalue weighted by molar-refractivity contribution is 0.101. The first-order valence-electron chi connectivity index (χ1n) is 5.30. The molecule has 2 aromatic rings. The molecule has 0 unspecified atom stereocenters. The second-order valence-corrected chi connectivity index (χ2v) is 4.16. The summed E-state index contributed by atoms with van der Waals surface area (Å²) >= 11 is 5.96. The molecule has 4 heteroatoms. The zero-order valence-electron chi connectivity index (χ0n) is 9.61. The fraction of sp³-hybridized carbons (Fsp3) is 0.0714. The number of halogens is 2. The number of ketones is 1. The van der Waals surface area contributed by atoms with E-state index >= 15 is 0 Å². The van der Waals surface area contributed by atoms with Gasteiger partial charge in [-0.3, -0.25) is 4.79 Å². The van der Waals surface area contributed by atoms with Crippen molar-refractivity contribution in [3.8, 4) is 11.5 Å². The molecule has 0 radical (unpaired) electrons. The van der Waals surface area contributed by atoms with Crippen LogP contribution < -0.4 is 4.74 Å². The van der Waals surface area contributed by atoms with E-state index in [1.54, 1.807) is 18.2 Å². The molecular weight excluding hydrogens is 255 g/mol. The van der Waals surface area contributed by atoms with Gasteiger partial charge in [0.15, 0.2) is 5.78 Å². The lowest BCUT2D eigenvalue weighted by Gasteiger charge is -2.07. The minimum atomic E-state index is -0.327. The number of benzene rings is 2. The Balaban J connectivity index is 2.22. The summed E-state index contributed by atoms with van der Waals surface area (Å²) < 4.78 is 18.2. The number of carbonyl (C=O) groups excluding carboxylic acids is 1. The average Bonchev–Trinajstić information content (AvgIpc) is 2.32. The summed E-state index contributed by atoms with van der Waals surface area (Å²) in [4.78, 5) is 11.2. The third-order valence-electron chi connectivity index (χ3n) is 2.37. The second-order valence-electron chi connectivity index (χ2n) is 3.75. The Hall–Kier alpha value is -1.87. The number of hydrogen-bond acceptors (Lipinski definition) is 2. The molecule has 2 nitrogen and oxygen atoms in total. The highest BCUT2D eigenvalue weighted by molar-refractivity contribution is 6.34. The van der Waals surface area contributed by atoms with Crippen LogP contribution in [0.3, 0.4) is 0 Å². The van der Waals surface area contributed by atoms with Crippen molar-refractivity contribution in [2.45, 2.75) is 6.92 Å². The van der Waals surface area contributed by atoms with Crippen LogP contribution in [0.25, 0.3) is 0 Å². The summed E-state index contributed by atoms with van der Waals surface area (Å²) in [5.41, 5.74) is 0.447. The lowest BCUT2D eigenvalue weighted by Crippen LogP contribution is -1.93. The van der Waals surface area contributed by atoms with Crippen LogP contribution >= 0.6 is 11.6 Å². The van der Waals surface area contributed by atoms with Gasteiger partial charge in [-0.1, -0.05) is 11.6 Å². The molecule has 92 valence electrons. The Morgan fingerprint density at radius 1 is 1.11 bits per heavy atom. The van der Waals surface area contributed by atoms with Crippen molar-refractivity contribution in [1.29, 1.82) is 0 Å². The Labute approximate surface area is 109 Å². The molecule has 0 spiro atoms. The maximum absolute atomic E-state index is 12.7. The van der Waals surface area contributed by atoms with Gasteiger partial charge in [0.1, 0.15) is 17.3 Å². The van der Waals surface area contributed by atoms with Crippen molar-refractivity contribution < 1.29 is 13.9 Å². The number of carbonyl (C=O) groups is 1. The quantitative estimate of drug-likeness (QED) is 0.765. The molecule has 0 fully saturated rings. The molecule has 0 saturated carbocycles. The molecule has 0 saturated heterocycles. The zero-order chi connectivity index (χ0) is 13.1. The van der Waals surface area contributed by atoms with Gasteiger partial charge in [0.05, 0.1) is 5.02 Å². The molecule has 0 aliphatic rings. The van der Waals surface area contributed by atoms with Gasteiger partial charge < -0.3 is 4.74 Å². The number of ether oxygens (including phenoxy) is 1. The second kappa shape index (κ2) is 5.19. The smallest absolute Gasteiger partial charge is 0.161 e. The fourth-order valence-corrected chi connectivity index (χ4v) is 1.79.